The van der Waals surface area contributed by atoms with Crippen molar-refractivity contribution in [2.75, 3.05) is 26.2 Å². The van der Waals surface area contributed by atoms with Gasteiger partial charge in [0.1, 0.15) is 17.2 Å². The first-order valence-electron chi connectivity index (χ1n) is 8.41. The standard InChI is InChI=1S/C17H20N4O5S/c1-13(19-16(22)14-4-10-26-12-14)17(23)20-6-8-21(9-7-20)27(24,25)15-3-2-5-18-11-15/h2-5,10-13H,6-9H2,1H3,(H,19,22)/t13-/m0/s1. The number of piperazine rings is 1. The molecule has 0 aromatic carbocycles. The highest BCUT2D eigenvalue weighted by Gasteiger charge is 2.32. The van der Waals surface area contributed by atoms with Gasteiger partial charge >= 0.3 is 0 Å². The van der Waals surface area contributed by atoms with Crippen molar-refractivity contribution in [2.24, 2.45) is 0 Å². The Morgan fingerprint density at radius 2 is 1.96 bits per heavy atom. The number of carbonyl (C=O) groups excluding carboxylic acids is 2. The number of nitrogens with zero attached hydrogens (tertiary/aromatic N) is 3. The zero-order valence-corrected chi connectivity index (χ0v) is 15.6. The molecule has 144 valence electrons. The zero-order valence-electron chi connectivity index (χ0n) is 14.7. The predicted octanol–water partition coefficient (Wildman–Crippen LogP) is 0.326. The van der Waals surface area contributed by atoms with Gasteiger partial charge in [0, 0.05) is 38.6 Å². The van der Waals surface area contributed by atoms with Crippen molar-refractivity contribution in [2.45, 2.75) is 17.9 Å². The third-order valence-electron chi connectivity index (χ3n) is 4.32. The first-order valence-corrected chi connectivity index (χ1v) is 9.85. The molecule has 9 nitrogen and oxygen atoms in total. The van der Waals surface area contributed by atoms with Crippen molar-refractivity contribution < 1.29 is 22.4 Å². The lowest BCUT2D eigenvalue weighted by atomic mass is 10.2. The number of hydrogen-bond donors (Lipinski definition) is 1. The number of nitrogens with one attached hydrogen (secondary N) is 1. The van der Waals surface area contributed by atoms with E-state index in [9.17, 15) is 18.0 Å². The molecule has 10 heteroatoms. The van der Waals surface area contributed by atoms with Crippen molar-refractivity contribution in [3.63, 3.8) is 0 Å². The number of pyridine rings is 1. The highest BCUT2D eigenvalue weighted by molar-refractivity contribution is 7.89. The van der Waals surface area contributed by atoms with Crippen LogP contribution in [0.2, 0.25) is 0 Å². The van der Waals surface area contributed by atoms with E-state index in [1.54, 1.807) is 17.9 Å². The summed E-state index contributed by atoms with van der Waals surface area (Å²) in [6.07, 6.45) is 5.49. The van der Waals surface area contributed by atoms with Crippen molar-refractivity contribution in [1.29, 1.82) is 0 Å². The molecular weight excluding hydrogens is 372 g/mol. The zero-order chi connectivity index (χ0) is 19.4. The minimum Gasteiger partial charge on any atom is -0.472 e. The Morgan fingerprint density at radius 3 is 2.56 bits per heavy atom. The molecule has 1 aliphatic rings. The molecule has 0 unspecified atom stereocenters. The van der Waals surface area contributed by atoms with Gasteiger partial charge in [-0.2, -0.15) is 4.31 Å². The smallest absolute Gasteiger partial charge is 0.255 e. The highest BCUT2D eigenvalue weighted by Crippen LogP contribution is 2.16. The lowest BCUT2D eigenvalue weighted by Crippen LogP contribution is -2.55. The first kappa shape index (κ1) is 19.1. The second-order valence-electron chi connectivity index (χ2n) is 6.13. The summed E-state index contributed by atoms with van der Waals surface area (Å²) in [4.78, 5) is 30.1. The van der Waals surface area contributed by atoms with Crippen LogP contribution in [0.15, 0.2) is 52.4 Å². The number of amides is 2. The average molecular weight is 392 g/mol. The maximum atomic E-state index is 12.6. The van der Waals surface area contributed by atoms with Crippen molar-refractivity contribution >= 4 is 21.8 Å². The Kier molecular flexibility index (Phi) is 5.57. The third-order valence-corrected chi connectivity index (χ3v) is 6.21. The summed E-state index contributed by atoms with van der Waals surface area (Å²) in [6.45, 7) is 2.48. The average Bonchev–Trinajstić information content (AvgIpc) is 3.23. The van der Waals surface area contributed by atoms with E-state index in [0.717, 1.165) is 0 Å². The van der Waals surface area contributed by atoms with Gasteiger partial charge in [-0.1, -0.05) is 0 Å². The predicted molar refractivity (Wildman–Crippen MR) is 95.2 cm³/mol. The Balaban J connectivity index is 1.57. The topological polar surface area (TPSA) is 113 Å². The minimum absolute atomic E-state index is 0.130. The van der Waals surface area contributed by atoms with Crippen LogP contribution in [-0.4, -0.2) is 66.6 Å². The van der Waals surface area contributed by atoms with E-state index >= 15 is 0 Å². The molecule has 0 saturated carbocycles. The van der Waals surface area contributed by atoms with Crippen molar-refractivity contribution in [3.8, 4) is 0 Å². The van der Waals surface area contributed by atoms with Gasteiger partial charge in [-0.25, -0.2) is 8.42 Å². The van der Waals surface area contributed by atoms with Gasteiger partial charge in [0.25, 0.3) is 5.91 Å². The Hall–Kier alpha value is -2.72. The maximum absolute atomic E-state index is 12.6. The fourth-order valence-electron chi connectivity index (χ4n) is 2.81. The molecule has 2 aromatic heterocycles. The second kappa shape index (κ2) is 7.89. The van der Waals surface area contributed by atoms with E-state index in [-0.39, 0.29) is 37.0 Å². The van der Waals surface area contributed by atoms with E-state index in [2.05, 4.69) is 10.3 Å². The van der Waals surface area contributed by atoms with Crippen molar-refractivity contribution in [3.05, 3.63) is 48.7 Å². The number of furan rings is 1. The van der Waals surface area contributed by atoms with Crippen LogP contribution in [0.3, 0.4) is 0 Å². The van der Waals surface area contributed by atoms with Gasteiger partial charge in [0.05, 0.1) is 11.8 Å². The summed E-state index contributed by atoms with van der Waals surface area (Å²) in [6, 6.07) is 3.84. The lowest BCUT2D eigenvalue weighted by molar-refractivity contribution is -0.134. The molecule has 0 aliphatic carbocycles. The molecule has 2 amide bonds. The van der Waals surface area contributed by atoms with Crippen molar-refractivity contribution in [1.82, 2.24) is 19.5 Å². The maximum Gasteiger partial charge on any atom is 0.255 e. The van der Waals surface area contributed by atoms with E-state index in [0.29, 0.717) is 5.56 Å². The molecule has 3 rings (SSSR count). The van der Waals surface area contributed by atoms with Crippen LogP contribution in [-0.2, 0) is 14.8 Å². The SMILES string of the molecule is C[C@H](NC(=O)c1ccoc1)C(=O)N1CCN(S(=O)(=O)c2cccnc2)CC1. The Labute approximate surface area is 157 Å². The number of aromatic nitrogens is 1. The minimum atomic E-state index is -3.63. The number of sulfonamides is 1. The van der Waals surface area contributed by atoms with E-state index in [1.165, 1.54) is 41.4 Å². The summed E-state index contributed by atoms with van der Waals surface area (Å²) < 4.78 is 31.4. The molecule has 0 bridgehead atoms. The van der Waals surface area contributed by atoms with E-state index in [4.69, 9.17) is 4.42 Å². The van der Waals surface area contributed by atoms with Crippen LogP contribution in [0.5, 0.6) is 0 Å². The van der Waals surface area contributed by atoms with E-state index in [1.807, 2.05) is 0 Å². The molecule has 27 heavy (non-hydrogen) atoms. The molecule has 0 spiro atoms. The van der Waals surface area contributed by atoms with E-state index < -0.39 is 22.0 Å². The fraction of sp³-hybridized carbons (Fsp3) is 0.353. The molecule has 1 aliphatic heterocycles. The molecule has 2 aromatic rings. The normalized spacial score (nSPS) is 16.7. The van der Waals surface area contributed by atoms with Crippen LogP contribution in [0.4, 0.5) is 0 Å². The summed E-state index contributed by atoms with van der Waals surface area (Å²) in [5.74, 6) is -0.660. The summed E-state index contributed by atoms with van der Waals surface area (Å²) >= 11 is 0. The summed E-state index contributed by atoms with van der Waals surface area (Å²) in [5.41, 5.74) is 0.335. The van der Waals surface area contributed by atoms with Crippen LogP contribution in [0, 0.1) is 0 Å². The van der Waals surface area contributed by atoms with Gasteiger partial charge < -0.3 is 14.6 Å². The van der Waals surface area contributed by atoms with Gasteiger partial charge in [0.15, 0.2) is 0 Å². The third kappa shape index (κ3) is 4.17. The summed E-state index contributed by atoms with van der Waals surface area (Å²) in [5, 5.41) is 2.62. The largest absolute Gasteiger partial charge is 0.472 e. The van der Waals surface area contributed by atoms with Gasteiger partial charge in [-0.3, -0.25) is 14.6 Å². The van der Waals surface area contributed by atoms with Crippen LogP contribution in [0.25, 0.3) is 0 Å². The van der Waals surface area contributed by atoms with Gasteiger partial charge in [0.2, 0.25) is 15.9 Å². The Morgan fingerprint density at radius 1 is 1.22 bits per heavy atom. The van der Waals surface area contributed by atoms with Gasteiger partial charge in [-0.05, 0) is 25.1 Å². The molecule has 1 N–H and O–H groups in total. The second-order valence-corrected chi connectivity index (χ2v) is 8.06. The first-order chi connectivity index (χ1) is 12.9. The quantitative estimate of drug-likeness (QED) is 0.784. The molecule has 1 atom stereocenters. The number of carbonyl (C=O) groups is 2. The lowest BCUT2D eigenvalue weighted by Gasteiger charge is -2.35. The van der Waals surface area contributed by atoms with Crippen LogP contribution >= 0.6 is 0 Å². The Bertz CT molecular complexity index is 891. The monoisotopic (exact) mass is 392 g/mol. The number of hydrogen-bond acceptors (Lipinski definition) is 6. The fourth-order valence-corrected chi connectivity index (χ4v) is 4.19. The molecular formula is C17H20N4O5S. The molecule has 3 heterocycles. The summed E-state index contributed by atoms with van der Waals surface area (Å²) in [7, 11) is -3.63. The number of rotatable bonds is 5. The van der Waals surface area contributed by atoms with Crippen LogP contribution in [0.1, 0.15) is 17.3 Å². The highest BCUT2D eigenvalue weighted by atomic mass is 32.2. The molecule has 1 saturated heterocycles. The molecule has 0 radical (unpaired) electrons. The molecule has 1 fully saturated rings. The van der Waals surface area contributed by atoms with Crippen LogP contribution < -0.4 is 5.32 Å². The van der Waals surface area contributed by atoms with Gasteiger partial charge in [-0.15, -0.1) is 0 Å².